The zero-order valence-corrected chi connectivity index (χ0v) is 18.4. The molecule has 2 aromatic heterocycles. The summed E-state index contributed by atoms with van der Waals surface area (Å²) in [5.74, 6) is 0.788. The molecule has 0 aliphatic carbocycles. The van der Waals surface area contributed by atoms with Crippen molar-refractivity contribution >= 4 is 51.5 Å². The molecule has 0 atom stereocenters. The summed E-state index contributed by atoms with van der Waals surface area (Å²) in [4.78, 5) is 19.1. The maximum absolute atomic E-state index is 6.53. The van der Waals surface area contributed by atoms with Crippen LogP contribution in [0.3, 0.4) is 0 Å². The molecule has 2 aromatic carbocycles. The summed E-state index contributed by atoms with van der Waals surface area (Å²) in [5, 5.41) is 2.60. The number of hydrogen-bond donors (Lipinski definition) is 1. The van der Waals surface area contributed by atoms with Crippen molar-refractivity contribution in [2.24, 2.45) is 0 Å². The van der Waals surface area contributed by atoms with Crippen molar-refractivity contribution in [2.75, 3.05) is 41.7 Å². The second-order valence-electron chi connectivity index (χ2n) is 7.30. The number of nitrogen functional groups attached to an aromatic ring is 1. The number of benzene rings is 2. The summed E-state index contributed by atoms with van der Waals surface area (Å²) in [6, 6.07) is 18.1. The second kappa shape index (κ2) is 8.61. The summed E-state index contributed by atoms with van der Waals surface area (Å²) in [7, 11) is 0. The van der Waals surface area contributed by atoms with Gasteiger partial charge in [0, 0.05) is 53.4 Å². The van der Waals surface area contributed by atoms with Crippen molar-refractivity contribution in [2.45, 2.75) is 9.92 Å². The van der Waals surface area contributed by atoms with Crippen LogP contribution in [0.1, 0.15) is 0 Å². The highest BCUT2D eigenvalue weighted by Crippen LogP contribution is 2.37. The molecule has 0 radical (unpaired) electrons. The number of hydrogen-bond acceptors (Lipinski definition) is 7. The van der Waals surface area contributed by atoms with Gasteiger partial charge in [-0.3, -0.25) is 4.98 Å². The third-order valence-corrected chi connectivity index (χ3v) is 6.68. The first-order chi connectivity index (χ1) is 15.2. The molecule has 8 heteroatoms. The molecule has 1 fully saturated rings. The number of nitrogens with zero attached hydrogens (tertiary/aromatic N) is 5. The third kappa shape index (κ3) is 4.11. The van der Waals surface area contributed by atoms with Gasteiger partial charge in [-0.25, -0.2) is 9.97 Å². The normalized spacial score (nSPS) is 14.2. The summed E-state index contributed by atoms with van der Waals surface area (Å²) in [6.45, 7) is 3.40. The maximum Gasteiger partial charge on any atom is 0.156 e. The molecule has 1 aliphatic rings. The highest BCUT2D eigenvalue weighted by molar-refractivity contribution is 7.99. The number of anilines is 3. The number of fused-ring (bicyclic) bond motifs is 1. The van der Waals surface area contributed by atoms with E-state index < -0.39 is 0 Å². The van der Waals surface area contributed by atoms with Crippen LogP contribution in [0.5, 0.6) is 0 Å². The Morgan fingerprint density at radius 3 is 2.48 bits per heavy atom. The van der Waals surface area contributed by atoms with Crippen LogP contribution in [0.2, 0.25) is 5.02 Å². The van der Waals surface area contributed by atoms with Crippen molar-refractivity contribution in [3.05, 3.63) is 72.1 Å². The van der Waals surface area contributed by atoms with E-state index in [2.05, 4.69) is 43.0 Å². The number of para-hydroxylation sites is 1. The van der Waals surface area contributed by atoms with Gasteiger partial charge in [0.1, 0.15) is 17.0 Å². The molecule has 2 N–H and O–H groups in total. The van der Waals surface area contributed by atoms with Gasteiger partial charge in [-0.05, 0) is 30.3 Å². The molecule has 0 spiro atoms. The van der Waals surface area contributed by atoms with Crippen LogP contribution in [0.4, 0.5) is 17.2 Å². The molecule has 4 aromatic rings. The molecular formula is C23H21ClN6S. The van der Waals surface area contributed by atoms with Crippen LogP contribution in [-0.4, -0.2) is 41.1 Å². The van der Waals surface area contributed by atoms with Crippen molar-refractivity contribution in [3.63, 3.8) is 0 Å². The Morgan fingerprint density at radius 2 is 1.65 bits per heavy atom. The fourth-order valence-electron chi connectivity index (χ4n) is 3.82. The Balaban J connectivity index is 1.35. The first kappa shape index (κ1) is 19.9. The molecule has 0 bridgehead atoms. The van der Waals surface area contributed by atoms with Gasteiger partial charge in [-0.1, -0.05) is 47.6 Å². The molecule has 0 unspecified atom stereocenters. The summed E-state index contributed by atoms with van der Waals surface area (Å²) < 4.78 is 0. The lowest BCUT2D eigenvalue weighted by atomic mass is 10.2. The van der Waals surface area contributed by atoms with Crippen LogP contribution in [-0.2, 0) is 0 Å². The van der Waals surface area contributed by atoms with E-state index >= 15 is 0 Å². The molecule has 0 amide bonds. The van der Waals surface area contributed by atoms with Crippen molar-refractivity contribution in [3.8, 4) is 0 Å². The fourth-order valence-corrected chi connectivity index (χ4v) is 4.92. The Kier molecular flexibility index (Phi) is 5.53. The highest BCUT2D eigenvalue weighted by atomic mass is 35.5. The van der Waals surface area contributed by atoms with Crippen LogP contribution >= 0.6 is 23.4 Å². The predicted octanol–water partition coefficient (Wildman–Crippen LogP) is 4.74. The minimum atomic E-state index is 0.608. The van der Waals surface area contributed by atoms with E-state index in [1.165, 1.54) is 11.8 Å². The first-order valence-corrected chi connectivity index (χ1v) is 11.3. The van der Waals surface area contributed by atoms with E-state index in [1.54, 1.807) is 12.5 Å². The van der Waals surface area contributed by atoms with Gasteiger partial charge >= 0.3 is 0 Å². The van der Waals surface area contributed by atoms with E-state index in [0.29, 0.717) is 5.69 Å². The van der Waals surface area contributed by atoms with Gasteiger partial charge in [0.2, 0.25) is 0 Å². The molecule has 31 heavy (non-hydrogen) atoms. The Morgan fingerprint density at radius 1 is 0.871 bits per heavy atom. The fraction of sp³-hybridized carbons (Fsp3) is 0.174. The molecule has 156 valence electrons. The summed E-state index contributed by atoms with van der Waals surface area (Å²) >= 11 is 7.68. The zero-order chi connectivity index (χ0) is 21.2. The van der Waals surface area contributed by atoms with Crippen molar-refractivity contribution in [1.82, 2.24) is 15.0 Å². The standard InChI is InChI=1S/C23H21ClN6S/c24-17-6-2-7-18(14-17)29-10-12-30(13-11-29)22-20(25)23(28-15-27-22)31-19-8-1-4-16-5-3-9-26-21(16)19/h1-9,14-15H,10-13,25H2. The van der Waals surface area contributed by atoms with E-state index in [4.69, 9.17) is 17.3 Å². The smallest absolute Gasteiger partial charge is 0.156 e. The van der Waals surface area contributed by atoms with E-state index in [-0.39, 0.29) is 0 Å². The van der Waals surface area contributed by atoms with Crippen LogP contribution in [0.15, 0.2) is 77.0 Å². The summed E-state index contributed by atoms with van der Waals surface area (Å²) in [5.41, 5.74) is 9.23. The van der Waals surface area contributed by atoms with Crippen LogP contribution < -0.4 is 15.5 Å². The van der Waals surface area contributed by atoms with Gasteiger partial charge in [0.05, 0.1) is 5.52 Å². The largest absolute Gasteiger partial charge is 0.394 e. The van der Waals surface area contributed by atoms with Gasteiger partial charge < -0.3 is 15.5 Å². The van der Waals surface area contributed by atoms with E-state index in [1.807, 2.05) is 36.4 Å². The molecule has 3 heterocycles. The number of pyridine rings is 1. The quantitative estimate of drug-likeness (QED) is 0.452. The number of piperazine rings is 1. The minimum Gasteiger partial charge on any atom is -0.394 e. The van der Waals surface area contributed by atoms with Gasteiger partial charge in [0.25, 0.3) is 0 Å². The average Bonchev–Trinajstić information content (AvgIpc) is 2.81. The summed E-state index contributed by atoms with van der Waals surface area (Å²) in [6.07, 6.45) is 3.40. The number of nitrogens with two attached hydrogens (primary N) is 1. The first-order valence-electron chi connectivity index (χ1n) is 10.1. The molecule has 5 rings (SSSR count). The van der Waals surface area contributed by atoms with E-state index in [9.17, 15) is 0 Å². The minimum absolute atomic E-state index is 0.608. The maximum atomic E-state index is 6.53. The van der Waals surface area contributed by atoms with Crippen molar-refractivity contribution in [1.29, 1.82) is 0 Å². The Labute approximate surface area is 190 Å². The average molecular weight is 449 g/mol. The monoisotopic (exact) mass is 448 g/mol. The second-order valence-corrected chi connectivity index (χ2v) is 8.77. The van der Waals surface area contributed by atoms with Gasteiger partial charge in [-0.2, -0.15) is 0 Å². The molecule has 1 aliphatic heterocycles. The number of rotatable bonds is 4. The van der Waals surface area contributed by atoms with Crippen LogP contribution in [0, 0.1) is 0 Å². The molecular weight excluding hydrogens is 428 g/mol. The zero-order valence-electron chi connectivity index (χ0n) is 16.8. The Hall–Kier alpha value is -3.03. The Bertz CT molecular complexity index is 1220. The van der Waals surface area contributed by atoms with E-state index in [0.717, 1.165) is 63.5 Å². The number of aromatic nitrogens is 3. The highest BCUT2D eigenvalue weighted by Gasteiger charge is 2.22. The molecule has 6 nitrogen and oxygen atoms in total. The lowest BCUT2D eigenvalue weighted by Crippen LogP contribution is -2.47. The molecule has 1 saturated heterocycles. The lowest BCUT2D eigenvalue weighted by molar-refractivity contribution is 0.646. The van der Waals surface area contributed by atoms with Gasteiger partial charge in [-0.15, -0.1) is 0 Å². The van der Waals surface area contributed by atoms with Gasteiger partial charge in [0.15, 0.2) is 5.82 Å². The SMILES string of the molecule is Nc1c(Sc2cccc3cccnc23)ncnc1N1CCN(c2cccc(Cl)c2)CC1. The topological polar surface area (TPSA) is 71.2 Å². The van der Waals surface area contributed by atoms with Crippen LogP contribution in [0.25, 0.3) is 10.9 Å². The predicted molar refractivity (Wildman–Crippen MR) is 128 cm³/mol. The molecule has 0 saturated carbocycles. The number of halogens is 1. The lowest BCUT2D eigenvalue weighted by Gasteiger charge is -2.37. The third-order valence-electron chi connectivity index (χ3n) is 5.38. The van der Waals surface area contributed by atoms with Crippen molar-refractivity contribution < 1.29 is 0 Å².